The molecule has 1 N–H and O–H groups in total. The van der Waals surface area contributed by atoms with Crippen molar-refractivity contribution < 1.29 is 27.1 Å². The minimum Gasteiger partial charge on any atom is -0.463 e. The zero-order chi connectivity index (χ0) is 27.4. The summed E-state index contributed by atoms with van der Waals surface area (Å²) >= 11 is 0. The molecule has 2 atom stereocenters. The van der Waals surface area contributed by atoms with Crippen molar-refractivity contribution in [1.82, 2.24) is 19.4 Å². The number of hydrogen-bond donors (Lipinski definition) is 1. The van der Waals surface area contributed by atoms with E-state index in [1.54, 1.807) is 50.2 Å². The third-order valence-corrected chi connectivity index (χ3v) is 8.83. The highest BCUT2D eigenvalue weighted by atomic mass is 32.2. The maximum absolute atomic E-state index is 14.1. The normalized spacial score (nSPS) is 21.4. The monoisotopic (exact) mass is 544 g/mol. The Hall–Kier alpha value is -3.28. The number of piperazine rings is 1. The maximum Gasteiger partial charge on any atom is 0.338 e. The lowest BCUT2D eigenvalue weighted by Gasteiger charge is -2.42. The van der Waals surface area contributed by atoms with Crippen LogP contribution in [0.3, 0.4) is 0 Å². The number of carbonyl (C=O) groups excluding carboxylic acids is 2. The van der Waals surface area contributed by atoms with Crippen LogP contribution in [0.4, 0.5) is 9.18 Å². The zero-order valence-electron chi connectivity index (χ0n) is 21.8. The van der Waals surface area contributed by atoms with Gasteiger partial charge in [0, 0.05) is 44.5 Å². The zero-order valence-corrected chi connectivity index (χ0v) is 22.6. The van der Waals surface area contributed by atoms with Gasteiger partial charge < -0.3 is 10.1 Å². The van der Waals surface area contributed by atoms with Gasteiger partial charge in [0.25, 0.3) is 0 Å². The highest BCUT2D eigenvalue weighted by Gasteiger charge is 2.40. The molecule has 2 aromatic carbocycles. The summed E-state index contributed by atoms with van der Waals surface area (Å²) in [5.74, 6) is -1.07. The topological polar surface area (TPSA) is 99.3 Å². The number of esters is 1. The number of ether oxygens (including phenoxy) is 1. The Kier molecular flexibility index (Phi) is 8.49. The van der Waals surface area contributed by atoms with Crippen molar-refractivity contribution >= 4 is 22.0 Å². The van der Waals surface area contributed by atoms with E-state index in [4.69, 9.17) is 4.74 Å². The number of urea groups is 1. The molecule has 0 aromatic heterocycles. The van der Waals surface area contributed by atoms with Crippen molar-refractivity contribution in [3.8, 4) is 0 Å². The lowest BCUT2D eigenvalue weighted by molar-refractivity contribution is -0.139. The molecule has 0 spiro atoms. The fourth-order valence-corrected chi connectivity index (χ4v) is 6.68. The Balaban J connectivity index is 1.66. The van der Waals surface area contributed by atoms with Gasteiger partial charge in [-0.25, -0.2) is 22.4 Å². The Morgan fingerprint density at radius 1 is 1.11 bits per heavy atom. The summed E-state index contributed by atoms with van der Waals surface area (Å²) < 4.78 is 47.4. The second kappa shape index (κ2) is 11.6. The minimum atomic E-state index is -3.66. The number of likely N-dealkylation sites (N-methyl/N-ethyl adjacent to an activating group) is 1. The van der Waals surface area contributed by atoms with Gasteiger partial charge in [-0.2, -0.15) is 4.31 Å². The molecule has 38 heavy (non-hydrogen) atoms. The predicted molar refractivity (Wildman–Crippen MR) is 140 cm³/mol. The minimum absolute atomic E-state index is 0.138. The molecule has 0 saturated carbocycles. The number of carbonyl (C=O) groups is 2. The average Bonchev–Trinajstić information content (AvgIpc) is 2.89. The average molecular weight is 545 g/mol. The number of halogens is 1. The van der Waals surface area contributed by atoms with Crippen LogP contribution in [-0.4, -0.2) is 79.9 Å². The molecule has 1 saturated heterocycles. The van der Waals surface area contributed by atoms with E-state index < -0.39 is 33.9 Å². The lowest BCUT2D eigenvalue weighted by Crippen LogP contribution is -2.56. The van der Waals surface area contributed by atoms with Crippen LogP contribution in [0.15, 0.2) is 70.8 Å². The van der Waals surface area contributed by atoms with Crippen LogP contribution in [0.25, 0.3) is 0 Å². The van der Waals surface area contributed by atoms with Gasteiger partial charge >= 0.3 is 12.0 Å². The molecule has 2 heterocycles. The van der Waals surface area contributed by atoms with Gasteiger partial charge in [-0.3, -0.25) is 9.80 Å². The molecular formula is C27H33FN4O5S. The number of nitrogens with one attached hydrogen (secondary N) is 1. The molecule has 1 fully saturated rings. The van der Waals surface area contributed by atoms with E-state index in [-0.39, 0.29) is 36.2 Å². The van der Waals surface area contributed by atoms with Crippen LogP contribution in [0.1, 0.15) is 32.4 Å². The van der Waals surface area contributed by atoms with E-state index in [2.05, 4.69) is 5.32 Å². The van der Waals surface area contributed by atoms with E-state index in [1.807, 2.05) is 11.8 Å². The molecule has 2 aliphatic heterocycles. The van der Waals surface area contributed by atoms with E-state index in [0.717, 1.165) is 0 Å². The van der Waals surface area contributed by atoms with E-state index in [1.165, 1.54) is 27.4 Å². The van der Waals surface area contributed by atoms with Gasteiger partial charge in [0.1, 0.15) is 5.82 Å². The number of benzene rings is 2. The largest absolute Gasteiger partial charge is 0.463 e. The lowest BCUT2D eigenvalue weighted by atomic mass is 9.94. The first-order valence-electron chi connectivity index (χ1n) is 12.7. The van der Waals surface area contributed by atoms with E-state index in [0.29, 0.717) is 30.9 Å². The third-order valence-electron chi connectivity index (χ3n) is 6.81. The molecule has 0 unspecified atom stereocenters. The van der Waals surface area contributed by atoms with Gasteiger partial charge in [-0.15, -0.1) is 0 Å². The van der Waals surface area contributed by atoms with Crippen LogP contribution >= 0.6 is 0 Å². The van der Waals surface area contributed by atoms with Crippen LogP contribution in [0.5, 0.6) is 0 Å². The number of sulfonamides is 1. The Bertz CT molecular complexity index is 1320. The summed E-state index contributed by atoms with van der Waals surface area (Å²) in [4.78, 5) is 30.1. The van der Waals surface area contributed by atoms with Gasteiger partial charge in [-0.05, 0) is 50.6 Å². The van der Waals surface area contributed by atoms with E-state index in [9.17, 15) is 22.4 Å². The van der Waals surface area contributed by atoms with Gasteiger partial charge in [-0.1, -0.05) is 30.3 Å². The molecule has 2 aliphatic rings. The van der Waals surface area contributed by atoms with E-state index >= 15 is 0 Å². The standard InChI is InChI=1S/C27H33FN4O5S/c1-4-31-23(18-30-14-15-32(19(3)17-30)38(35,36)22-12-7-6-8-13-22)24(26(33)37-5-2)25(29-27(31)34)20-10-9-11-21(28)16-20/h6-13,16,19,25H,4-5,14-15,17-18H2,1-3H3,(H,29,34)/t19-,25+/m1/s1. The highest BCUT2D eigenvalue weighted by Crippen LogP contribution is 2.33. The molecule has 2 aromatic rings. The highest BCUT2D eigenvalue weighted by molar-refractivity contribution is 7.89. The molecule has 0 radical (unpaired) electrons. The summed E-state index contributed by atoms with van der Waals surface area (Å²) in [6.45, 7) is 7.07. The molecule has 0 bridgehead atoms. The third kappa shape index (κ3) is 5.59. The van der Waals surface area contributed by atoms with Gasteiger partial charge in [0.2, 0.25) is 10.0 Å². The Labute approximate surface area is 222 Å². The number of nitrogens with zero attached hydrogens (tertiary/aromatic N) is 3. The fraction of sp³-hybridized carbons (Fsp3) is 0.407. The van der Waals surface area contributed by atoms with Gasteiger partial charge in [0.15, 0.2) is 0 Å². The number of hydrogen-bond acceptors (Lipinski definition) is 6. The van der Waals surface area contributed by atoms with Crippen LogP contribution in [-0.2, 0) is 19.6 Å². The molecule has 9 nitrogen and oxygen atoms in total. The number of amides is 2. The molecular weight excluding hydrogens is 511 g/mol. The smallest absolute Gasteiger partial charge is 0.338 e. The predicted octanol–water partition coefficient (Wildman–Crippen LogP) is 3.12. The van der Waals surface area contributed by atoms with Crippen molar-refractivity contribution in [1.29, 1.82) is 0 Å². The number of rotatable bonds is 8. The first-order chi connectivity index (χ1) is 18.2. The quantitative estimate of drug-likeness (QED) is 0.513. The van der Waals surface area contributed by atoms with Crippen molar-refractivity contribution in [2.75, 3.05) is 39.3 Å². The molecule has 204 valence electrons. The van der Waals surface area contributed by atoms with Crippen molar-refractivity contribution in [3.63, 3.8) is 0 Å². The summed E-state index contributed by atoms with van der Waals surface area (Å²) in [5, 5.41) is 2.83. The summed E-state index contributed by atoms with van der Waals surface area (Å²) in [6.07, 6.45) is 0. The van der Waals surface area contributed by atoms with Crippen molar-refractivity contribution in [2.24, 2.45) is 0 Å². The summed E-state index contributed by atoms with van der Waals surface area (Å²) in [7, 11) is -3.66. The maximum atomic E-state index is 14.1. The Morgan fingerprint density at radius 3 is 2.47 bits per heavy atom. The first-order valence-corrected chi connectivity index (χ1v) is 14.1. The van der Waals surface area contributed by atoms with Crippen LogP contribution in [0.2, 0.25) is 0 Å². The summed E-state index contributed by atoms with van der Waals surface area (Å²) in [6, 6.07) is 12.5. The SMILES string of the molecule is CCOC(=O)C1=C(CN2CCN(S(=O)(=O)c3ccccc3)[C@H](C)C2)N(CC)C(=O)N[C@H]1c1cccc(F)c1. The second-order valence-electron chi connectivity index (χ2n) is 9.28. The van der Waals surface area contributed by atoms with Gasteiger partial charge in [0.05, 0.1) is 23.1 Å². The molecule has 4 rings (SSSR count). The second-order valence-corrected chi connectivity index (χ2v) is 11.2. The fourth-order valence-electron chi connectivity index (χ4n) is 5.05. The Morgan fingerprint density at radius 2 is 1.84 bits per heavy atom. The van der Waals surface area contributed by atoms with Crippen molar-refractivity contribution in [2.45, 2.75) is 37.8 Å². The first kappa shape index (κ1) is 27.7. The molecule has 0 aliphatic carbocycles. The molecule has 11 heteroatoms. The molecule has 2 amide bonds. The van der Waals surface area contributed by atoms with Crippen LogP contribution < -0.4 is 5.32 Å². The van der Waals surface area contributed by atoms with Crippen LogP contribution in [0, 0.1) is 5.82 Å². The van der Waals surface area contributed by atoms with Crippen molar-refractivity contribution in [3.05, 3.63) is 77.2 Å². The summed E-state index contributed by atoms with van der Waals surface area (Å²) in [5.41, 5.74) is 1.14.